The van der Waals surface area contributed by atoms with Gasteiger partial charge in [0.2, 0.25) is 0 Å². The molecule has 0 amide bonds. The Labute approximate surface area is 138 Å². The molecule has 0 heterocycles. The van der Waals surface area contributed by atoms with E-state index in [4.69, 9.17) is 26.8 Å². The van der Waals surface area contributed by atoms with E-state index in [-0.39, 0.29) is 6.04 Å². The average molecular weight is 371 g/mol. The number of benzene rings is 2. The molecule has 2 rings (SSSR count). The summed E-state index contributed by atoms with van der Waals surface area (Å²) in [4.78, 5) is 0. The van der Waals surface area contributed by atoms with Gasteiger partial charge in [0.1, 0.15) is 0 Å². The first-order chi connectivity index (χ1) is 9.97. The highest BCUT2D eigenvalue weighted by atomic mass is 79.9. The van der Waals surface area contributed by atoms with Crippen molar-refractivity contribution in [3.8, 4) is 11.5 Å². The molecule has 0 radical (unpaired) electrons. The molecule has 0 aromatic heterocycles. The van der Waals surface area contributed by atoms with Crippen LogP contribution in [0.1, 0.15) is 22.7 Å². The van der Waals surface area contributed by atoms with Gasteiger partial charge >= 0.3 is 0 Å². The van der Waals surface area contributed by atoms with E-state index in [2.05, 4.69) is 15.9 Å². The molecule has 112 valence electrons. The van der Waals surface area contributed by atoms with Crippen molar-refractivity contribution >= 4 is 27.5 Å². The Hall–Kier alpha value is -1.23. The summed E-state index contributed by atoms with van der Waals surface area (Å²) < 4.78 is 11.5. The van der Waals surface area contributed by atoms with Crippen molar-refractivity contribution in [1.82, 2.24) is 0 Å². The van der Waals surface area contributed by atoms with Crippen LogP contribution in [0.15, 0.2) is 34.8 Å². The number of rotatable bonds is 4. The van der Waals surface area contributed by atoms with Crippen LogP contribution in [0, 0.1) is 6.92 Å². The van der Waals surface area contributed by atoms with Gasteiger partial charge in [-0.25, -0.2) is 0 Å². The lowest BCUT2D eigenvalue weighted by Gasteiger charge is -2.19. The Bertz CT molecular complexity index is 661. The molecule has 0 saturated carbocycles. The zero-order valence-corrected chi connectivity index (χ0v) is 14.5. The van der Waals surface area contributed by atoms with Gasteiger partial charge in [0.15, 0.2) is 11.5 Å². The van der Waals surface area contributed by atoms with E-state index in [1.54, 1.807) is 20.3 Å². The molecule has 2 N–H and O–H groups in total. The first-order valence-electron chi connectivity index (χ1n) is 6.41. The van der Waals surface area contributed by atoms with Gasteiger partial charge in [-0.2, -0.15) is 0 Å². The molecule has 0 aliphatic rings. The Morgan fingerprint density at radius 1 is 1.05 bits per heavy atom. The second kappa shape index (κ2) is 6.69. The lowest BCUT2D eigenvalue weighted by molar-refractivity contribution is 0.354. The highest BCUT2D eigenvalue weighted by Crippen LogP contribution is 2.37. The third-order valence-electron chi connectivity index (χ3n) is 3.41. The summed E-state index contributed by atoms with van der Waals surface area (Å²) in [5.74, 6) is 1.20. The van der Waals surface area contributed by atoms with Gasteiger partial charge in [-0.3, -0.25) is 0 Å². The van der Waals surface area contributed by atoms with Crippen molar-refractivity contribution < 1.29 is 9.47 Å². The van der Waals surface area contributed by atoms with E-state index >= 15 is 0 Å². The molecule has 0 fully saturated rings. The topological polar surface area (TPSA) is 44.5 Å². The number of aryl methyl sites for hydroxylation is 1. The van der Waals surface area contributed by atoms with Gasteiger partial charge in [0.25, 0.3) is 0 Å². The third-order valence-corrected chi connectivity index (χ3v) is 4.23. The van der Waals surface area contributed by atoms with Crippen molar-refractivity contribution in [3.63, 3.8) is 0 Å². The molecular formula is C16H17BrClNO2. The summed E-state index contributed by atoms with van der Waals surface area (Å²) in [6.45, 7) is 2.02. The summed E-state index contributed by atoms with van der Waals surface area (Å²) in [6.07, 6.45) is 0. The van der Waals surface area contributed by atoms with Crippen LogP contribution in [0.4, 0.5) is 0 Å². The summed E-state index contributed by atoms with van der Waals surface area (Å²) in [7, 11) is 3.16. The van der Waals surface area contributed by atoms with Crippen LogP contribution in [-0.2, 0) is 0 Å². The van der Waals surface area contributed by atoms with E-state index in [1.165, 1.54) is 0 Å². The quantitative estimate of drug-likeness (QED) is 0.863. The van der Waals surface area contributed by atoms with E-state index in [9.17, 15) is 0 Å². The highest BCUT2D eigenvalue weighted by molar-refractivity contribution is 9.10. The van der Waals surface area contributed by atoms with Crippen LogP contribution >= 0.6 is 27.5 Å². The Kier molecular flexibility index (Phi) is 5.14. The second-order valence-electron chi connectivity index (χ2n) is 4.71. The van der Waals surface area contributed by atoms with E-state index in [1.807, 2.05) is 31.2 Å². The van der Waals surface area contributed by atoms with Crippen LogP contribution in [0.5, 0.6) is 11.5 Å². The normalized spacial score (nSPS) is 12.1. The molecule has 1 atom stereocenters. The summed E-state index contributed by atoms with van der Waals surface area (Å²) in [5, 5.41) is 0.555. The van der Waals surface area contributed by atoms with Gasteiger partial charge < -0.3 is 15.2 Å². The lowest BCUT2D eigenvalue weighted by atomic mass is 9.95. The predicted molar refractivity (Wildman–Crippen MR) is 89.5 cm³/mol. The largest absolute Gasteiger partial charge is 0.493 e. The molecule has 0 saturated heterocycles. The monoisotopic (exact) mass is 369 g/mol. The summed E-state index contributed by atoms with van der Waals surface area (Å²) >= 11 is 9.82. The maximum Gasteiger partial charge on any atom is 0.162 e. The minimum absolute atomic E-state index is 0.338. The van der Waals surface area contributed by atoms with Crippen molar-refractivity contribution in [1.29, 1.82) is 0 Å². The number of ether oxygens (including phenoxy) is 2. The summed E-state index contributed by atoms with van der Waals surface area (Å²) in [6, 6.07) is 9.23. The molecule has 0 aliphatic heterocycles. The van der Waals surface area contributed by atoms with Gasteiger partial charge in [0.05, 0.1) is 20.3 Å². The molecule has 0 aliphatic carbocycles. The predicted octanol–water partition coefficient (Wildman–Crippen LogP) is 4.48. The molecule has 21 heavy (non-hydrogen) atoms. The smallest absolute Gasteiger partial charge is 0.162 e. The molecule has 3 nitrogen and oxygen atoms in total. The van der Waals surface area contributed by atoms with Crippen molar-refractivity contribution in [3.05, 3.63) is 56.5 Å². The molecule has 5 heteroatoms. The first kappa shape index (κ1) is 16.1. The number of methoxy groups -OCH3 is 2. The second-order valence-corrected chi connectivity index (χ2v) is 6.03. The Morgan fingerprint density at radius 3 is 2.29 bits per heavy atom. The molecule has 0 spiro atoms. The zero-order chi connectivity index (χ0) is 15.6. The summed E-state index contributed by atoms with van der Waals surface area (Å²) in [5.41, 5.74) is 9.32. The van der Waals surface area contributed by atoms with Crippen LogP contribution in [-0.4, -0.2) is 14.2 Å². The average Bonchev–Trinajstić information content (AvgIpc) is 2.48. The SMILES string of the molecule is COc1cc(Cl)c(C(N)c2cc(Br)ccc2C)cc1OC. The van der Waals surface area contributed by atoms with Gasteiger partial charge in [-0.15, -0.1) is 0 Å². The minimum Gasteiger partial charge on any atom is -0.493 e. The van der Waals surface area contributed by atoms with Crippen LogP contribution < -0.4 is 15.2 Å². The first-order valence-corrected chi connectivity index (χ1v) is 7.58. The molecule has 1 unspecified atom stereocenters. The number of hydrogen-bond acceptors (Lipinski definition) is 3. The Morgan fingerprint density at radius 2 is 1.67 bits per heavy atom. The number of halogens is 2. The standard InChI is InChI=1S/C16H17BrClNO2/c1-9-4-5-10(17)6-11(9)16(19)12-7-14(20-2)15(21-3)8-13(12)18/h4-8,16H,19H2,1-3H3. The molecule has 2 aromatic carbocycles. The Balaban J connectivity index is 2.52. The van der Waals surface area contributed by atoms with Crippen LogP contribution in [0.2, 0.25) is 5.02 Å². The number of nitrogens with two attached hydrogens (primary N) is 1. The van der Waals surface area contributed by atoms with Crippen molar-refractivity contribution in [2.24, 2.45) is 5.73 Å². The highest BCUT2D eigenvalue weighted by Gasteiger charge is 2.18. The lowest BCUT2D eigenvalue weighted by Crippen LogP contribution is -2.14. The third kappa shape index (κ3) is 3.34. The van der Waals surface area contributed by atoms with Gasteiger partial charge in [0, 0.05) is 15.6 Å². The van der Waals surface area contributed by atoms with Crippen LogP contribution in [0.25, 0.3) is 0 Å². The maximum atomic E-state index is 6.40. The van der Waals surface area contributed by atoms with Crippen LogP contribution in [0.3, 0.4) is 0 Å². The molecule has 0 bridgehead atoms. The van der Waals surface area contributed by atoms with E-state index in [0.717, 1.165) is 21.2 Å². The van der Waals surface area contributed by atoms with Crippen molar-refractivity contribution in [2.75, 3.05) is 14.2 Å². The fourth-order valence-electron chi connectivity index (χ4n) is 2.22. The van der Waals surface area contributed by atoms with Gasteiger partial charge in [-0.05, 0) is 41.8 Å². The fraction of sp³-hybridized carbons (Fsp3) is 0.250. The maximum absolute atomic E-state index is 6.40. The van der Waals surface area contributed by atoms with E-state index in [0.29, 0.717) is 16.5 Å². The van der Waals surface area contributed by atoms with Gasteiger partial charge in [-0.1, -0.05) is 33.6 Å². The van der Waals surface area contributed by atoms with Crippen molar-refractivity contribution in [2.45, 2.75) is 13.0 Å². The fourth-order valence-corrected chi connectivity index (χ4v) is 2.87. The molecular weight excluding hydrogens is 354 g/mol. The van der Waals surface area contributed by atoms with E-state index < -0.39 is 0 Å². The molecule has 2 aromatic rings. The zero-order valence-electron chi connectivity index (χ0n) is 12.1. The number of hydrogen-bond donors (Lipinski definition) is 1. The minimum atomic E-state index is -0.338.